The third-order valence-electron chi connectivity index (χ3n) is 5.61. The summed E-state index contributed by atoms with van der Waals surface area (Å²) in [6, 6.07) is 9.59. The minimum atomic E-state index is 0.237. The van der Waals surface area contributed by atoms with Gasteiger partial charge in [-0.25, -0.2) is 9.97 Å². The summed E-state index contributed by atoms with van der Waals surface area (Å²) < 4.78 is 10.8. The lowest BCUT2D eigenvalue weighted by Crippen LogP contribution is -2.52. The smallest absolute Gasteiger partial charge is 0.222 e. The van der Waals surface area contributed by atoms with Crippen molar-refractivity contribution in [1.82, 2.24) is 25.2 Å². The molecule has 3 heterocycles. The van der Waals surface area contributed by atoms with Crippen LogP contribution in [0, 0.1) is 0 Å². The Hall–Kier alpha value is -3.40. The van der Waals surface area contributed by atoms with Crippen molar-refractivity contribution in [3.05, 3.63) is 30.3 Å². The number of piperazine rings is 1. The van der Waals surface area contributed by atoms with Crippen LogP contribution in [0.25, 0.3) is 22.3 Å². The molecule has 0 unspecified atom stereocenters. The van der Waals surface area contributed by atoms with Crippen molar-refractivity contribution in [1.29, 1.82) is 0 Å². The largest absolute Gasteiger partial charge is 0.493 e. The van der Waals surface area contributed by atoms with Gasteiger partial charge in [0.25, 0.3) is 0 Å². The van der Waals surface area contributed by atoms with Crippen molar-refractivity contribution in [2.45, 2.75) is 13.3 Å². The van der Waals surface area contributed by atoms with Crippen LogP contribution in [0.5, 0.6) is 11.5 Å². The van der Waals surface area contributed by atoms with Gasteiger partial charge in [0.05, 0.1) is 25.4 Å². The normalized spacial score (nSPS) is 13.8. The lowest BCUT2D eigenvalue weighted by molar-refractivity contribution is 0.355. The van der Waals surface area contributed by atoms with Crippen LogP contribution in [-0.2, 0) is 0 Å². The summed E-state index contributed by atoms with van der Waals surface area (Å²) in [5.74, 6) is 2.30. The van der Waals surface area contributed by atoms with E-state index in [4.69, 9.17) is 32.4 Å². The number of nitrogen functional groups attached to an aromatic ring is 1. The molecular formula is C23H29N7O2S. The first kappa shape index (κ1) is 22.8. The SMILES string of the molecule is CCCNC(=S)N1CCN(c2nc(N)nc3ccc(-c4ccc(OC)c(OC)c4)nc23)CC1. The molecule has 174 valence electrons. The number of aromatic nitrogens is 3. The maximum atomic E-state index is 6.03. The summed E-state index contributed by atoms with van der Waals surface area (Å²) in [4.78, 5) is 18.3. The monoisotopic (exact) mass is 467 g/mol. The number of nitrogens with two attached hydrogens (primary N) is 1. The molecule has 3 N–H and O–H groups in total. The molecule has 0 saturated carbocycles. The zero-order valence-corrected chi connectivity index (χ0v) is 20.0. The van der Waals surface area contributed by atoms with E-state index in [-0.39, 0.29) is 5.95 Å². The highest BCUT2D eigenvalue weighted by Gasteiger charge is 2.23. The zero-order chi connectivity index (χ0) is 23.4. The molecule has 1 aliphatic heterocycles. The molecular weight excluding hydrogens is 438 g/mol. The van der Waals surface area contributed by atoms with E-state index in [0.29, 0.717) is 17.0 Å². The van der Waals surface area contributed by atoms with Crippen LogP contribution in [0.15, 0.2) is 30.3 Å². The topological polar surface area (TPSA) is 102 Å². The van der Waals surface area contributed by atoms with E-state index >= 15 is 0 Å². The summed E-state index contributed by atoms with van der Waals surface area (Å²) in [5, 5.41) is 4.10. The molecule has 0 atom stereocenters. The van der Waals surface area contributed by atoms with Gasteiger partial charge in [0.1, 0.15) is 5.52 Å². The predicted molar refractivity (Wildman–Crippen MR) is 135 cm³/mol. The van der Waals surface area contributed by atoms with Crippen LogP contribution in [0.1, 0.15) is 13.3 Å². The number of rotatable bonds is 6. The number of nitrogens with zero attached hydrogens (tertiary/aromatic N) is 5. The molecule has 0 spiro atoms. The molecule has 1 saturated heterocycles. The average molecular weight is 468 g/mol. The highest BCUT2D eigenvalue weighted by atomic mass is 32.1. The van der Waals surface area contributed by atoms with Crippen molar-refractivity contribution in [3.8, 4) is 22.8 Å². The van der Waals surface area contributed by atoms with Crippen LogP contribution >= 0.6 is 12.2 Å². The molecule has 0 radical (unpaired) electrons. The molecule has 3 aromatic rings. The molecule has 1 aliphatic rings. The van der Waals surface area contributed by atoms with Gasteiger partial charge in [-0.1, -0.05) is 6.92 Å². The van der Waals surface area contributed by atoms with Gasteiger partial charge in [-0.15, -0.1) is 0 Å². The van der Waals surface area contributed by atoms with E-state index in [9.17, 15) is 0 Å². The first-order valence-electron chi connectivity index (χ1n) is 11.0. The molecule has 33 heavy (non-hydrogen) atoms. The Bertz CT molecular complexity index is 1150. The summed E-state index contributed by atoms with van der Waals surface area (Å²) in [7, 11) is 3.24. The fourth-order valence-corrected chi connectivity index (χ4v) is 4.14. The van der Waals surface area contributed by atoms with Crippen LogP contribution in [0.2, 0.25) is 0 Å². The van der Waals surface area contributed by atoms with Crippen LogP contribution in [-0.4, -0.2) is 71.9 Å². The minimum Gasteiger partial charge on any atom is -0.493 e. The molecule has 0 bridgehead atoms. The van der Waals surface area contributed by atoms with Gasteiger partial charge in [-0.05, 0) is 49.0 Å². The van der Waals surface area contributed by atoms with Gasteiger partial charge in [0, 0.05) is 38.3 Å². The number of hydrogen-bond acceptors (Lipinski definition) is 8. The lowest BCUT2D eigenvalue weighted by atomic mass is 10.1. The summed E-state index contributed by atoms with van der Waals surface area (Å²) in [6.07, 6.45) is 1.04. The van der Waals surface area contributed by atoms with Gasteiger partial charge in [0.15, 0.2) is 22.4 Å². The lowest BCUT2D eigenvalue weighted by Gasteiger charge is -2.37. The Morgan fingerprint density at radius 3 is 2.48 bits per heavy atom. The quantitative estimate of drug-likeness (QED) is 0.526. The van der Waals surface area contributed by atoms with Gasteiger partial charge in [-0.3, -0.25) is 0 Å². The van der Waals surface area contributed by atoms with Crippen LogP contribution in [0.3, 0.4) is 0 Å². The standard InChI is InChI=1S/C23H29N7O2S/c1-4-9-25-23(33)30-12-10-29(11-13-30)21-20-17(27-22(24)28-21)7-6-16(26-20)15-5-8-18(31-2)19(14-15)32-3/h5-8,14H,4,9-13H2,1-3H3,(H,25,33)(H2,24,27,28). The minimum absolute atomic E-state index is 0.237. The van der Waals surface area contributed by atoms with Crippen molar-refractivity contribution in [2.24, 2.45) is 0 Å². The number of anilines is 2. The number of methoxy groups -OCH3 is 2. The number of benzene rings is 1. The predicted octanol–water partition coefficient (Wildman–Crippen LogP) is 2.70. The molecule has 0 amide bonds. The second kappa shape index (κ2) is 10.0. The Kier molecular flexibility index (Phi) is 6.93. The Balaban J connectivity index is 1.64. The molecule has 2 aromatic heterocycles. The summed E-state index contributed by atoms with van der Waals surface area (Å²) in [5.41, 5.74) is 9.17. The van der Waals surface area contributed by atoms with E-state index < -0.39 is 0 Å². The van der Waals surface area contributed by atoms with E-state index in [1.807, 2.05) is 30.3 Å². The third kappa shape index (κ3) is 4.85. The fraction of sp³-hybridized carbons (Fsp3) is 0.391. The van der Waals surface area contributed by atoms with Crippen molar-refractivity contribution in [3.63, 3.8) is 0 Å². The number of nitrogens with one attached hydrogen (secondary N) is 1. The van der Waals surface area contributed by atoms with Gasteiger partial charge < -0.3 is 30.3 Å². The zero-order valence-electron chi connectivity index (χ0n) is 19.2. The van der Waals surface area contributed by atoms with E-state index in [1.54, 1.807) is 14.2 Å². The van der Waals surface area contributed by atoms with Crippen molar-refractivity contribution in [2.75, 3.05) is 57.6 Å². The Labute approximate surface area is 198 Å². The molecule has 0 aliphatic carbocycles. The first-order chi connectivity index (χ1) is 16.0. The number of fused-ring (bicyclic) bond motifs is 1. The number of pyridine rings is 1. The summed E-state index contributed by atoms with van der Waals surface area (Å²) >= 11 is 5.52. The Morgan fingerprint density at radius 1 is 1.03 bits per heavy atom. The molecule has 9 nitrogen and oxygen atoms in total. The van der Waals surface area contributed by atoms with Crippen LogP contribution in [0.4, 0.5) is 11.8 Å². The molecule has 10 heteroatoms. The number of ether oxygens (including phenoxy) is 2. The highest BCUT2D eigenvalue weighted by molar-refractivity contribution is 7.80. The molecule has 1 fully saturated rings. The van der Waals surface area contributed by atoms with E-state index in [0.717, 1.165) is 66.8 Å². The average Bonchev–Trinajstić information content (AvgIpc) is 2.86. The van der Waals surface area contributed by atoms with Gasteiger partial charge >= 0.3 is 0 Å². The second-order valence-corrected chi connectivity index (χ2v) is 8.13. The van der Waals surface area contributed by atoms with E-state index in [2.05, 4.69) is 32.0 Å². The van der Waals surface area contributed by atoms with Crippen molar-refractivity contribution >= 4 is 40.1 Å². The van der Waals surface area contributed by atoms with Gasteiger partial charge in [-0.2, -0.15) is 4.98 Å². The first-order valence-corrected chi connectivity index (χ1v) is 11.4. The van der Waals surface area contributed by atoms with Crippen LogP contribution < -0.4 is 25.4 Å². The number of thiocarbonyl (C=S) groups is 1. The maximum Gasteiger partial charge on any atom is 0.222 e. The highest BCUT2D eigenvalue weighted by Crippen LogP contribution is 2.33. The van der Waals surface area contributed by atoms with E-state index in [1.165, 1.54) is 0 Å². The van der Waals surface area contributed by atoms with Gasteiger partial charge in [0.2, 0.25) is 5.95 Å². The Morgan fingerprint density at radius 2 is 1.79 bits per heavy atom. The molecule has 4 rings (SSSR count). The summed E-state index contributed by atoms with van der Waals surface area (Å²) in [6.45, 7) is 6.15. The molecule has 1 aromatic carbocycles. The number of hydrogen-bond donors (Lipinski definition) is 2. The third-order valence-corrected chi connectivity index (χ3v) is 6.02. The maximum absolute atomic E-state index is 6.03. The van der Waals surface area contributed by atoms with Crippen molar-refractivity contribution < 1.29 is 9.47 Å². The second-order valence-electron chi connectivity index (χ2n) is 7.75. The fourth-order valence-electron chi connectivity index (χ4n) is 3.86.